The molecular formula is C59H104N2O7P+. The van der Waals surface area contributed by atoms with Crippen LogP contribution in [0.3, 0.4) is 0 Å². The number of carbonyl (C=O) groups is 2. The van der Waals surface area contributed by atoms with E-state index < -0.39 is 20.0 Å². The number of likely N-dealkylation sites (N-methyl/N-ethyl adjacent to an activating group) is 1. The van der Waals surface area contributed by atoms with Crippen molar-refractivity contribution in [3.63, 3.8) is 0 Å². The molecule has 3 atom stereocenters. The molecule has 0 saturated heterocycles. The summed E-state index contributed by atoms with van der Waals surface area (Å²) in [5.74, 6) is -0.595. The van der Waals surface area contributed by atoms with Crippen molar-refractivity contribution in [3.05, 3.63) is 97.2 Å². The lowest BCUT2D eigenvalue weighted by atomic mass is 10.1. The maximum atomic E-state index is 13.5. The minimum atomic E-state index is -4.46. The maximum Gasteiger partial charge on any atom is 0.472 e. The van der Waals surface area contributed by atoms with Gasteiger partial charge in [0.2, 0.25) is 5.91 Å². The quantitative estimate of drug-likeness (QED) is 0.0156. The Bertz CT molecular complexity index is 1510. The van der Waals surface area contributed by atoms with Gasteiger partial charge in [-0.1, -0.05) is 202 Å². The fourth-order valence-corrected chi connectivity index (χ4v) is 7.99. The Kier molecular flexibility index (Phi) is 46.4. The van der Waals surface area contributed by atoms with Gasteiger partial charge in [0.05, 0.1) is 33.8 Å². The summed E-state index contributed by atoms with van der Waals surface area (Å²) < 4.78 is 30.5. The number of phosphoric acid groups is 1. The number of esters is 1. The van der Waals surface area contributed by atoms with E-state index >= 15 is 0 Å². The van der Waals surface area contributed by atoms with Gasteiger partial charge in [-0.3, -0.25) is 18.6 Å². The van der Waals surface area contributed by atoms with Gasteiger partial charge in [0, 0.05) is 12.8 Å². The van der Waals surface area contributed by atoms with Crippen LogP contribution in [0.4, 0.5) is 0 Å². The zero-order chi connectivity index (χ0) is 50.8. The molecule has 69 heavy (non-hydrogen) atoms. The summed E-state index contributed by atoms with van der Waals surface area (Å²) in [6.45, 7) is 6.79. The van der Waals surface area contributed by atoms with Crippen molar-refractivity contribution in [1.29, 1.82) is 0 Å². The van der Waals surface area contributed by atoms with Gasteiger partial charge in [-0.25, -0.2) is 4.57 Å². The van der Waals surface area contributed by atoms with Crippen molar-refractivity contribution in [2.45, 2.75) is 226 Å². The van der Waals surface area contributed by atoms with Gasteiger partial charge in [-0.2, -0.15) is 0 Å². The first-order valence-corrected chi connectivity index (χ1v) is 29.1. The third kappa shape index (κ3) is 49.7. The monoisotopic (exact) mass is 984 g/mol. The summed E-state index contributed by atoms with van der Waals surface area (Å²) in [5, 5.41) is 3.02. The second-order valence-electron chi connectivity index (χ2n) is 19.4. The van der Waals surface area contributed by atoms with Gasteiger partial charge in [0.15, 0.2) is 0 Å². The number of hydrogen-bond donors (Lipinski definition) is 2. The van der Waals surface area contributed by atoms with Gasteiger partial charge in [-0.05, 0) is 96.0 Å². The van der Waals surface area contributed by atoms with Crippen molar-refractivity contribution < 1.29 is 37.3 Å². The third-order valence-corrected chi connectivity index (χ3v) is 12.5. The molecule has 0 bridgehead atoms. The van der Waals surface area contributed by atoms with Crippen molar-refractivity contribution in [2.24, 2.45) is 0 Å². The number of allylic oxidation sites excluding steroid dienone is 15. The largest absolute Gasteiger partial charge is 0.472 e. The molecule has 0 spiro atoms. The van der Waals surface area contributed by atoms with Crippen molar-refractivity contribution >= 4 is 19.7 Å². The fourth-order valence-electron chi connectivity index (χ4n) is 7.26. The summed E-state index contributed by atoms with van der Waals surface area (Å²) in [6, 6.07) is -0.881. The highest BCUT2D eigenvalue weighted by atomic mass is 31.2. The Balaban J connectivity index is 5.48. The van der Waals surface area contributed by atoms with E-state index in [0.717, 1.165) is 109 Å². The molecule has 3 unspecified atom stereocenters. The smallest absolute Gasteiger partial charge is 0.456 e. The molecule has 0 saturated carbocycles. The second kappa shape index (κ2) is 48.6. The number of rotatable bonds is 48. The van der Waals surface area contributed by atoms with E-state index in [-0.39, 0.29) is 31.5 Å². The molecule has 0 aromatic rings. The number of ether oxygens (including phenoxy) is 1. The molecule has 0 radical (unpaired) electrons. The Morgan fingerprint density at radius 3 is 1.52 bits per heavy atom. The van der Waals surface area contributed by atoms with Crippen molar-refractivity contribution in [1.82, 2.24) is 5.32 Å². The predicted molar refractivity (Wildman–Crippen MR) is 295 cm³/mol. The van der Waals surface area contributed by atoms with Gasteiger partial charge >= 0.3 is 13.8 Å². The molecule has 10 heteroatoms. The van der Waals surface area contributed by atoms with Crippen LogP contribution in [-0.2, 0) is 27.9 Å². The summed E-state index contributed by atoms with van der Waals surface area (Å²) in [6.07, 6.45) is 64.1. The number of quaternary nitrogens is 1. The number of unbranched alkanes of at least 4 members (excludes halogenated alkanes) is 19. The average molecular weight is 984 g/mol. The molecule has 0 aromatic carbocycles. The topological polar surface area (TPSA) is 111 Å². The molecule has 1 amide bonds. The number of hydrogen-bond acceptors (Lipinski definition) is 6. The van der Waals surface area contributed by atoms with E-state index in [1.165, 1.54) is 64.2 Å². The standard InChI is InChI=1S/C59H103N2O7P/c1-7-10-13-16-19-22-25-27-29-30-32-34-37-40-43-46-49-52-59(63)68-57(50-47-44-41-38-35-24-21-18-15-12-9-3)56(55-67-69(64,65)66-54-53-61(4,5)6)60-58(62)51-48-45-42-39-36-33-31-28-26-23-20-17-14-11-8-2/h10,13,19-20,22-23,26-29,32,34,40,43,47,50,56-57H,7-9,11-12,14-18,21,24-25,30-31,33,35-39,41-42,44-46,48-49,51-55H2,1-6H3,(H-,60,62,64,65)/p+1/b13-10-,22-19-,23-20+,28-26+,29-27-,34-32-,43-40-,50-47+. The van der Waals surface area contributed by atoms with Crippen LogP contribution in [0, 0.1) is 0 Å². The number of nitrogens with zero attached hydrogens (tertiary/aromatic N) is 1. The molecule has 2 N–H and O–H groups in total. The van der Waals surface area contributed by atoms with E-state index in [1.54, 1.807) is 0 Å². The predicted octanol–water partition coefficient (Wildman–Crippen LogP) is 16.4. The summed E-state index contributed by atoms with van der Waals surface area (Å²) >= 11 is 0. The lowest BCUT2D eigenvalue weighted by Crippen LogP contribution is -2.47. The zero-order valence-electron chi connectivity index (χ0n) is 45.0. The highest BCUT2D eigenvalue weighted by molar-refractivity contribution is 7.47. The zero-order valence-corrected chi connectivity index (χ0v) is 45.9. The normalized spacial score (nSPS) is 14.6. The van der Waals surface area contributed by atoms with Crippen LogP contribution in [0.2, 0.25) is 0 Å². The average Bonchev–Trinajstić information content (AvgIpc) is 3.31. The van der Waals surface area contributed by atoms with Crippen LogP contribution in [-0.4, -0.2) is 74.3 Å². The molecule has 0 fully saturated rings. The Labute approximate surface area is 424 Å². The highest BCUT2D eigenvalue weighted by Crippen LogP contribution is 2.43. The van der Waals surface area contributed by atoms with Crippen LogP contribution in [0.5, 0.6) is 0 Å². The van der Waals surface area contributed by atoms with E-state index in [0.29, 0.717) is 23.9 Å². The molecule has 0 aliphatic carbocycles. The van der Waals surface area contributed by atoms with Gasteiger partial charge in [0.25, 0.3) is 0 Å². The van der Waals surface area contributed by atoms with Crippen LogP contribution in [0.1, 0.15) is 213 Å². The molecule has 0 aromatic heterocycles. The first kappa shape index (κ1) is 65.9. The van der Waals surface area contributed by atoms with E-state index in [4.69, 9.17) is 13.8 Å². The SMILES string of the molecule is CC/C=C\C/C=C\C/C=C\C/C=C\C/C=C\CCCC(=O)OC(/C=C/CCCCCCCCCCC)C(COP(=O)(O)OCC[N+](C)(C)C)NC(=O)CCCCCCCC/C=C/C=C/CCCCC. The molecule has 0 aliphatic rings. The summed E-state index contributed by atoms with van der Waals surface area (Å²) in [5.41, 5.74) is 0. The minimum Gasteiger partial charge on any atom is -0.456 e. The minimum absolute atomic E-state index is 0.0243. The fraction of sp³-hybridized carbons (Fsp3) is 0.695. The number of carbonyl (C=O) groups excluding carboxylic acids is 2. The van der Waals surface area contributed by atoms with E-state index in [9.17, 15) is 19.0 Å². The molecular weight excluding hydrogens is 880 g/mol. The Morgan fingerprint density at radius 2 is 0.986 bits per heavy atom. The van der Waals surface area contributed by atoms with Gasteiger partial charge in [0.1, 0.15) is 19.3 Å². The van der Waals surface area contributed by atoms with Crippen LogP contribution >= 0.6 is 7.82 Å². The van der Waals surface area contributed by atoms with Crippen LogP contribution in [0.15, 0.2) is 97.2 Å². The lowest BCUT2D eigenvalue weighted by molar-refractivity contribution is -0.870. The van der Waals surface area contributed by atoms with Crippen molar-refractivity contribution in [3.8, 4) is 0 Å². The molecule has 0 aliphatic heterocycles. The van der Waals surface area contributed by atoms with Crippen molar-refractivity contribution in [2.75, 3.05) is 40.9 Å². The number of nitrogens with one attached hydrogen (secondary N) is 1. The lowest BCUT2D eigenvalue weighted by Gasteiger charge is -2.27. The van der Waals surface area contributed by atoms with Crippen LogP contribution in [0.25, 0.3) is 0 Å². The van der Waals surface area contributed by atoms with Gasteiger partial charge < -0.3 is 19.4 Å². The Morgan fingerprint density at radius 1 is 0.536 bits per heavy atom. The first-order valence-electron chi connectivity index (χ1n) is 27.6. The molecule has 9 nitrogen and oxygen atoms in total. The van der Waals surface area contributed by atoms with E-state index in [2.05, 4.69) is 111 Å². The number of amides is 1. The molecule has 0 heterocycles. The second-order valence-corrected chi connectivity index (χ2v) is 20.9. The summed E-state index contributed by atoms with van der Waals surface area (Å²) in [4.78, 5) is 37.5. The number of phosphoric ester groups is 1. The molecule has 396 valence electrons. The maximum absolute atomic E-state index is 13.5. The van der Waals surface area contributed by atoms with E-state index in [1.807, 2.05) is 33.3 Å². The van der Waals surface area contributed by atoms with Crippen LogP contribution < -0.4 is 5.32 Å². The highest BCUT2D eigenvalue weighted by Gasteiger charge is 2.30. The summed E-state index contributed by atoms with van der Waals surface area (Å²) in [7, 11) is 1.44. The third-order valence-electron chi connectivity index (χ3n) is 11.5. The first-order chi connectivity index (χ1) is 33.4. The molecule has 0 rings (SSSR count). The van der Waals surface area contributed by atoms with Gasteiger partial charge in [-0.15, -0.1) is 0 Å². The Hall–Kier alpha value is -3.07.